The highest BCUT2D eigenvalue weighted by atomic mass is 32.1. The van der Waals surface area contributed by atoms with Crippen molar-refractivity contribution in [1.82, 2.24) is 9.27 Å². The van der Waals surface area contributed by atoms with Gasteiger partial charge in [-0.05, 0) is 64.2 Å². The smallest absolute Gasteiger partial charge is 0.242 e. The van der Waals surface area contributed by atoms with Gasteiger partial charge in [0.15, 0.2) is 5.78 Å². The van der Waals surface area contributed by atoms with E-state index in [0.717, 1.165) is 53.5 Å². The van der Waals surface area contributed by atoms with Crippen molar-refractivity contribution < 1.29 is 9.59 Å². The molecule has 1 N–H and O–H groups in total. The Morgan fingerprint density at radius 3 is 2.37 bits per heavy atom. The third kappa shape index (κ3) is 5.68. The van der Waals surface area contributed by atoms with E-state index >= 15 is 0 Å². The SMILES string of the molecule is CC1(C)CC(=O)C2=C(C1)Nc1ccccc1N(CC(=O)N1CCN(c3nsc4ccccc34)CC1)C2c1ccc(C(C)(C)C)cc1. The van der Waals surface area contributed by atoms with Crippen LogP contribution >= 0.6 is 11.5 Å². The number of hydrogen-bond acceptors (Lipinski definition) is 7. The third-order valence-electron chi connectivity index (χ3n) is 9.69. The van der Waals surface area contributed by atoms with Crippen LogP contribution < -0.4 is 15.1 Å². The number of para-hydroxylation sites is 2. The summed E-state index contributed by atoms with van der Waals surface area (Å²) in [7, 11) is 0. The summed E-state index contributed by atoms with van der Waals surface area (Å²) in [6.07, 6.45) is 1.25. The molecule has 0 bridgehead atoms. The van der Waals surface area contributed by atoms with Crippen molar-refractivity contribution in [2.45, 2.75) is 58.9 Å². The molecule has 0 radical (unpaired) electrons. The van der Waals surface area contributed by atoms with Crippen LogP contribution in [0.2, 0.25) is 0 Å². The number of piperazine rings is 1. The minimum atomic E-state index is -0.379. The normalized spacial score (nSPS) is 19.9. The van der Waals surface area contributed by atoms with Crippen LogP contribution in [0.4, 0.5) is 17.2 Å². The number of nitrogens with zero attached hydrogens (tertiary/aromatic N) is 4. The van der Waals surface area contributed by atoms with Gasteiger partial charge in [0.1, 0.15) is 5.82 Å². The molecule has 7 rings (SSSR count). The molecule has 3 aliphatic rings. The first-order valence-electron chi connectivity index (χ1n) is 16.3. The number of benzene rings is 3. The predicted octanol–water partition coefficient (Wildman–Crippen LogP) is 7.56. The third-order valence-corrected chi connectivity index (χ3v) is 10.5. The molecule has 3 heterocycles. The molecular formula is C38H43N5O2S. The minimum Gasteiger partial charge on any atom is -0.357 e. The molecule has 1 aliphatic carbocycles. The number of amides is 1. The average Bonchev–Trinajstić information content (AvgIpc) is 3.40. The molecule has 1 atom stereocenters. The second-order valence-electron chi connectivity index (χ2n) is 14.7. The van der Waals surface area contributed by atoms with Gasteiger partial charge in [-0.1, -0.05) is 83.1 Å². The van der Waals surface area contributed by atoms with Gasteiger partial charge in [-0.3, -0.25) is 9.59 Å². The average molecular weight is 634 g/mol. The zero-order chi connectivity index (χ0) is 32.2. The fourth-order valence-electron chi connectivity index (χ4n) is 7.25. The van der Waals surface area contributed by atoms with Gasteiger partial charge in [0, 0.05) is 49.3 Å². The van der Waals surface area contributed by atoms with Crippen LogP contribution in [0.1, 0.15) is 64.6 Å². The van der Waals surface area contributed by atoms with Crippen molar-refractivity contribution in [2.24, 2.45) is 5.41 Å². The zero-order valence-corrected chi connectivity index (χ0v) is 28.3. The molecule has 238 valence electrons. The number of ketones is 1. The molecule has 4 aromatic rings. The molecule has 1 unspecified atom stereocenters. The molecule has 2 aliphatic heterocycles. The van der Waals surface area contributed by atoms with E-state index in [4.69, 9.17) is 4.37 Å². The Morgan fingerprint density at radius 2 is 1.63 bits per heavy atom. The summed E-state index contributed by atoms with van der Waals surface area (Å²) >= 11 is 1.53. The van der Waals surface area contributed by atoms with Gasteiger partial charge in [0.05, 0.1) is 28.7 Å². The number of allylic oxidation sites excluding steroid dienone is 1. The van der Waals surface area contributed by atoms with E-state index in [1.165, 1.54) is 27.2 Å². The Bertz CT molecular complexity index is 1830. The van der Waals surface area contributed by atoms with Gasteiger partial charge < -0.3 is 20.0 Å². The van der Waals surface area contributed by atoms with Crippen LogP contribution in [0, 0.1) is 5.41 Å². The zero-order valence-electron chi connectivity index (χ0n) is 27.5. The molecule has 7 nitrogen and oxygen atoms in total. The van der Waals surface area contributed by atoms with E-state index in [0.29, 0.717) is 19.5 Å². The summed E-state index contributed by atoms with van der Waals surface area (Å²) < 4.78 is 5.93. The van der Waals surface area contributed by atoms with E-state index in [1.54, 1.807) is 0 Å². The highest BCUT2D eigenvalue weighted by Gasteiger charge is 2.42. The summed E-state index contributed by atoms with van der Waals surface area (Å²) in [5.41, 5.74) is 5.75. The van der Waals surface area contributed by atoms with Gasteiger partial charge in [-0.2, -0.15) is 4.37 Å². The number of hydrogen-bond donors (Lipinski definition) is 1. The molecular weight excluding hydrogens is 591 g/mol. The molecule has 1 amide bonds. The minimum absolute atomic E-state index is 0.00781. The second kappa shape index (κ2) is 11.6. The number of Topliss-reactive ketones (excluding diaryl/α,β-unsaturated/α-hetero) is 1. The topological polar surface area (TPSA) is 68.8 Å². The second-order valence-corrected chi connectivity index (χ2v) is 15.6. The van der Waals surface area contributed by atoms with E-state index in [1.807, 2.05) is 23.1 Å². The van der Waals surface area contributed by atoms with Crippen LogP contribution in [0.15, 0.2) is 84.1 Å². The number of carbonyl (C=O) groups is 2. The van der Waals surface area contributed by atoms with E-state index in [9.17, 15) is 9.59 Å². The Kier molecular flexibility index (Phi) is 7.67. The van der Waals surface area contributed by atoms with E-state index in [-0.39, 0.29) is 35.1 Å². The van der Waals surface area contributed by atoms with Crippen LogP contribution in [-0.2, 0) is 15.0 Å². The molecule has 3 aromatic carbocycles. The molecule has 1 saturated heterocycles. The maximum atomic E-state index is 14.2. The van der Waals surface area contributed by atoms with Crippen molar-refractivity contribution in [2.75, 3.05) is 47.8 Å². The first-order valence-corrected chi connectivity index (χ1v) is 17.1. The highest BCUT2D eigenvalue weighted by Crippen LogP contribution is 2.48. The van der Waals surface area contributed by atoms with Crippen molar-refractivity contribution >= 4 is 50.5 Å². The number of aromatic nitrogens is 1. The Balaban J connectivity index is 1.22. The predicted molar refractivity (Wildman–Crippen MR) is 189 cm³/mol. The summed E-state index contributed by atoms with van der Waals surface area (Å²) in [5.74, 6) is 1.23. The quantitative estimate of drug-likeness (QED) is 0.250. The van der Waals surface area contributed by atoms with Gasteiger partial charge in [-0.15, -0.1) is 0 Å². The number of fused-ring (bicyclic) bond motifs is 2. The number of nitrogens with one attached hydrogen (secondary N) is 1. The van der Waals surface area contributed by atoms with Gasteiger partial charge in [-0.25, -0.2) is 0 Å². The first-order chi connectivity index (χ1) is 22.0. The Morgan fingerprint density at radius 1 is 0.935 bits per heavy atom. The maximum Gasteiger partial charge on any atom is 0.242 e. The van der Waals surface area contributed by atoms with Crippen molar-refractivity contribution in [1.29, 1.82) is 0 Å². The van der Waals surface area contributed by atoms with Crippen molar-refractivity contribution in [3.8, 4) is 0 Å². The summed E-state index contributed by atoms with van der Waals surface area (Å²) in [6, 6.07) is 24.8. The maximum absolute atomic E-state index is 14.2. The largest absolute Gasteiger partial charge is 0.357 e. The van der Waals surface area contributed by atoms with Crippen LogP contribution in [0.25, 0.3) is 10.1 Å². The van der Waals surface area contributed by atoms with E-state index < -0.39 is 0 Å². The molecule has 46 heavy (non-hydrogen) atoms. The number of carbonyl (C=O) groups excluding carboxylic acids is 2. The summed E-state index contributed by atoms with van der Waals surface area (Å²) in [5, 5.41) is 4.85. The highest BCUT2D eigenvalue weighted by molar-refractivity contribution is 7.13. The monoisotopic (exact) mass is 633 g/mol. The molecule has 1 aromatic heterocycles. The summed E-state index contributed by atoms with van der Waals surface area (Å²) in [4.78, 5) is 34.8. The van der Waals surface area contributed by atoms with Gasteiger partial charge >= 0.3 is 0 Å². The molecule has 0 spiro atoms. The van der Waals surface area contributed by atoms with Crippen molar-refractivity contribution in [3.63, 3.8) is 0 Å². The lowest BCUT2D eigenvalue weighted by atomic mass is 9.73. The molecule has 1 fully saturated rings. The number of rotatable bonds is 4. The standard InChI is InChI=1S/C38H43N5O2S/c1-37(2,3)26-16-14-25(15-17-26)35-34-29(22-38(4,5)23-31(34)44)39-28-11-7-8-12-30(28)43(35)24-33(45)41-18-20-42(21-19-41)36-27-10-6-9-13-32(27)46-40-36/h6-17,35,39H,18-24H2,1-5H3. The first kappa shape index (κ1) is 30.5. The lowest BCUT2D eigenvalue weighted by molar-refractivity contribution is -0.130. The van der Waals surface area contributed by atoms with Crippen LogP contribution in [-0.4, -0.2) is 53.7 Å². The van der Waals surface area contributed by atoms with Crippen LogP contribution in [0.5, 0.6) is 0 Å². The van der Waals surface area contributed by atoms with Gasteiger partial charge in [0.25, 0.3) is 0 Å². The Hall–Kier alpha value is -4.17. The molecule has 8 heteroatoms. The molecule has 0 saturated carbocycles. The lowest BCUT2D eigenvalue weighted by Gasteiger charge is -2.40. The van der Waals surface area contributed by atoms with Crippen LogP contribution in [0.3, 0.4) is 0 Å². The lowest BCUT2D eigenvalue weighted by Crippen LogP contribution is -2.52. The van der Waals surface area contributed by atoms with Gasteiger partial charge in [0.2, 0.25) is 5.91 Å². The van der Waals surface area contributed by atoms with Crippen molar-refractivity contribution in [3.05, 3.63) is 95.2 Å². The van der Waals surface area contributed by atoms with E-state index in [2.05, 4.69) is 104 Å². The Labute approximate surface area is 276 Å². The fourth-order valence-corrected chi connectivity index (χ4v) is 8.05. The summed E-state index contributed by atoms with van der Waals surface area (Å²) in [6.45, 7) is 13.9. The fraction of sp³-hybridized carbons (Fsp3) is 0.395. The number of anilines is 3.